The number of rotatable bonds is 5. The van der Waals surface area contributed by atoms with Crippen molar-refractivity contribution in [3.63, 3.8) is 0 Å². The molecule has 0 atom stereocenters. The molecule has 0 fully saturated rings. The number of esters is 1. The van der Waals surface area contributed by atoms with E-state index in [9.17, 15) is 9.59 Å². The molecule has 0 aliphatic carbocycles. The van der Waals surface area contributed by atoms with Crippen LogP contribution in [0.1, 0.15) is 20.8 Å². The average Bonchev–Trinajstić information content (AvgIpc) is 2.96. The molecule has 0 unspecified atom stereocenters. The maximum atomic E-state index is 12.0. The maximum absolute atomic E-state index is 12.0. The number of hydrogen-bond donors (Lipinski definition) is 2. The van der Waals surface area contributed by atoms with E-state index >= 15 is 0 Å². The third kappa shape index (κ3) is 3.63. The lowest BCUT2D eigenvalue weighted by Gasteiger charge is -2.04. The Balaban J connectivity index is 2.03. The first-order valence-electron chi connectivity index (χ1n) is 6.24. The Morgan fingerprint density at radius 2 is 2.05 bits per heavy atom. The molecule has 0 aliphatic heterocycles. The molecule has 8 nitrogen and oxygen atoms in total. The quantitative estimate of drug-likeness (QED) is 0.764. The number of carbonyl (C=O) groups is 2. The second kappa shape index (κ2) is 6.62. The fraction of sp³-hybridized carbons (Fsp3) is 0.231. The van der Waals surface area contributed by atoms with E-state index in [1.807, 2.05) is 0 Å². The first-order chi connectivity index (χ1) is 10.1. The predicted molar refractivity (Wildman–Crippen MR) is 74.8 cm³/mol. The van der Waals surface area contributed by atoms with E-state index in [0.29, 0.717) is 24.3 Å². The van der Waals surface area contributed by atoms with E-state index in [2.05, 4.69) is 20.4 Å². The molecule has 1 aromatic carbocycles. The number of nitrogens with zero attached hydrogens (tertiary/aromatic N) is 3. The Labute approximate surface area is 120 Å². The van der Waals surface area contributed by atoms with Gasteiger partial charge in [0.25, 0.3) is 5.91 Å². The number of amides is 1. The van der Waals surface area contributed by atoms with Crippen LogP contribution >= 0.6 is 0 Å². The number of methoxy groups -OCH3 is 1. The van der Waals surface area contributed by atoms with E-state index in [-0.39, 0.29) is 11.6 Å². The molecule has 0 aliphatic rings. The lowest BCUT2D eigenvalue weighted by atomic mass is 10.2. The number of ether oxygens (including phenoxy) is 1. The summed E-state index contributed by atoms with van der Waals surface area (Å²) in [7, 11) is 1.31. The standard InChI is InChI=1S/C13H15N5O3/c1-21-13(20)9-2-4-10(5-3-9)15-12(19)11-8-18(7-6-14)17-16-11/h2-5,8H,6-7,14H2,1H3,(H,15,19). The molecule has 2 rings (SSSR count). The number of hydrogen-bond acceptors (Lipinski definition) is 6. The summed E-state index contributed by atoms with van der Waals surface area (Å²) in [6, 6.07) is 6.34. The van der Waals surface area contributed by atoms with Crippen LogP contribution in [0.2, 0.25) is 0 Å². The van der Waals surface area contributed by atoms with Gasteiger partial charge in [0, 0.05) is 12.2 Å². The van der Waals surface area contributed by atoms with Crippen LogP contribution < -0.4 is 11.1 Å². The van der Waals surface area contributed by atoms with E-state index in [4.69, 9.17) is 5.73 Å². The summed E-state index contributed by atoms with van der Waals surface area (Å²) >= 11 is 0. The summed E-state index contributed by atoms with van der Waals surface area (Å²) in [5.41, 5.74) is 6.54. The van der Waals surface area contributed by atoms with Gasteiger partial charge in [-0.2, -0.15) is 0 Å². The zero-order chi connectivity index (χ0) is 15.2. The van der Waals surface area contributed by atoms with Crippen molar-refractivity contribution in [2.24, 2.45) is 5.73 Å². The minimum Gasteiger partial charge on any atom is -0.465 e. The highest BCUT2D eigenvalue weighted by molar-refractivity contribution is 6.02. The van der Waals surface area contributed by atoms with Crippen molar-refractivity contribution in [3.05, 3.63) is 41.7 Å². The van der Waals surface area contributed by atoms with Gasteiger partial charge < -0.3 is 15.8 Å². The fourth-order valence-electron chi connectivity index (χ4n) is 1.65. The summed E-state index contributed by atoms with van der Waals surface area (Å²) in [5, 5.41) is 10.2. The summed E-state index contributed by atoms with van der Waals surface area (Å²) in [5.74, 6) is -0.818. The Kier molecular flexibility index (Phi) is 4.62. The summed E-state index contributed by atoms with van der Waals surface area (Å²) in [6.45, 7) is 0.910. The van der Waals surface area contributed by atoms with Gasteiger partial charge in [-0.3, -0.25) is 9.48 Å². The predicted octanol–water partition coefficient (Wildman–Crippen LogP) is 0.276. The third-order valence-corrected chi connectivity index (χ3v) is 2.69. The van der Waals surface area contributed by atoms with Crippen molar-refractivity contribution in [2.75, 3.05) is 19.0 Å². The lowest BCUT2D eigenvalue weighted by Crippen LogP contribution is -2.13. The molecule has 0 saturated carbocycles. The molecule has 1 heterocycles. The van der Waals surface area contributed by atoms with Gasteiger partial charge in [0.2, 0.25) is 0 Å². The Morgan fingerprint density at radius 1 is 1.33 bits per heavy atom. The molecular weight excluding hydrogens is 274 g/mol. The van der Waals surface area contributed by atoms with Gasteiger partial charge >= 0.3 is 5.97 Å². The molecule has 8 heteroatoms. The Bertz CT molecular complexity index is 636. The highest BCUT2D eigenvalue weighted by Gasteiger charge is 2.11. The second-order valence-corrected chi connectivity index (χ2v) is 4.18. The van der Waals surface area contributed by atoms with Crippen LogP contribution in [-0.2, 0) is 11.3 Å². The van der Waals surface area contributed by atoms with Gasteiger partial charge in [-0.25, -0.2) is 4.79 Å². The second-order valence-electron chi connectivity index (χ2n) is 4.18. The molecule has 0 radical (unpaired) electrons. The van der Waals surface area contributed by atoms with Crippen molar-refractivity contribution in [2.45, 2.75) is 6.54 Å². The molecule has 0 spiro atoms. The average molecular weight is 289 g/mol. The summed E-state index contributed by atoms with van der Waals surface area (Å²) in [6.07, 6.45) is 1.52. The van der Waals surface area contributed by atoms with Crippen LogP contribution in [0.3, 0.4) is 0 Å². The molecule has 21 heavy (non-hydrogen) atoms. The van der Waals surface area contributed by atoms with E-state index in [1.165, 1.54) is 18.0 Å². The van der Waals surface area contributed by atoms with E-state index < -0.39 is 5.97 Å². The van der Waals surface area contributed by atoms with Crippen molar-refractivity contribution in [1.29, 1.82) is 0 Å². The zero-order valence-corrected chi connectivity index (χ0v) is 11.4. The van der Waals surface area contributed by atoms with Crippen LogP contribution in [0.25, 0.3) is 0 Å². The normalized spacial score (nSPS) is 10.2. The Morgan fingerprint density at radius 3 is 2.67 bits per heavy atom. The third-order valence-electron chi connectivity index (χ3n) is 2.69. The monoisotopic (exact) mass is 289 g/mol. The smallest absolute Gasteiger partial charge is 0.337 e. The van der Waals surface area contributed by atoms with Crippen molar-refractivity contribution >= 4 is 17.6 Å². The molecular formula is C13H15N5O3. The molecule has 0 saturated heterocycles. The van der Waals surface area contributed by atoms with Gasteiger partial charge in [0.15, 0.2) is 5.69 Å². The Hall–Kier alpha value is -2.74. The van der Waals surface area contributed by atoms with Gasteiger partial charge in [0.1, 0.15) is 0 Å². The molecule has 3 N–H and O–H groups in total. The van der Waals surface area contributed by atoms with Crippen LogP contribution in [0.4, 0.5) is 5.69 Å². The summed E-state index contributed by atoms with van der Waals surface area (Å²) < 4.78 is 6.09. The minimum atomic E-state index is -0.433. The van der Waals surface area contributed by atoms with Gasteiger partial charge in [-0.05, 0) is 24.3 Å². The molecule has 0 bridgehead atoms. The first-order valence-corrected chi connectivity index (χ1v) is 6.24. The molecule has 2 aromatic rings. The number of aromatic nitrogens is 3. The number of benzene rings is 1. The van der Waals surface area contributed by atoms with Gasteiger partial charge in [-0.1, -0.05) is 5.21 Å². The molecule has 1 aromatic heterocycles. The molecule has 1 amide bonds. The zero-order valence-electron chi connectivity index (χ0n) is 11.4. The van der Waals surface area contributed by atoms with Crippen LogP contribution in [0, 0.1) is 0 Å². The number of nitrogens with two attached hydrogens (primary N) is 1. The highest BCUT2D eigenvalue weighted by atomic mass is 16.5. The van der Waals surface area contributed by atoms with E-state index in [0.717, 1.165) is 0 Å². The van der Waals surface area contributed by atoms with Gasteiger partial charge in [-0.15, -0.1) is 5.10 Å². The SMILES string of the molecule is COC(=O)c1ccc(NC(=O)c2cn(CCN)nn2)cc1. The molecule has 110 valence electrons. The first kappa shape index (κ1) is 14.7. The minimum absolute atomic E-state index is 0.195. The van der Waals surface area contributed by atoms with Crippen molar-refractivity contribution < 1.29 is 14.3 Å². The topological polar surface area (TPSA) is 112 Å². The largest absolute Gasteiger partial charge is 0.465 e. The van der Waals surface area contributed by atoms with Crippen molar-refractivity contribution in [3.8, 4) is 0 Å². The van der Waals surface area contributed by atoms with Crippen LogP contribution in [0.15, 0.2) is 30.5 Å². The van der Waals surface area contributed by atoms with E-state index in [1.54, 1.807) is 24.3 Å². The lowest BCUT2D eigenvalue weighted by molar-refractivity contribution is 0.0600. The number of nitrogens with one attached hydrogen (secondary N) is 1. The van der Waals surface area contributed by atoms with Crippen LogP contribution in [-0.4, -0.2) is 40.5 Å². The maximum Gasteiger partial charge on any atom is 0.337 e. The highest BCUT2D eigenvalue weighted by Crippen LogP contribution is 2.11. The number of anilines is 1. The van der Waals surface area contributed by atoms with Crippen molar-refractivity contribution in [1.82, 2.24) is 15.0 Å². The van der Waals surface area contributed by atoms with Crippen LogP contribution in [0.5, 0.6) is 0 Å². The fourth-order valence-corrected chi connectivity index (χ4v) is 1.65. The number of carbonyl (C=O) groups excluding carboxylic acids is 2. The van der Waals surface area contributed by atoms with Gasteiger partial charge in [0.05, 0.1) is 25.4 Å². The summed E-state index contributed by atoms with van der Waals surface area (Å²) in [4.78, 5) is 23.2.